The van der Waals surface area contributed by atoms with Crippen LogP contribution in [-0.4, -0.2) is 20.0 Å². The molecule has 1 unspecified atom stereocenters. The maximum Gasteiger partial charge on any atom is 0.0963 e. The molecule has 0 N–H and O–H groups in total. The lowest BCUT2D eigenvalue weighted by atomic mass is 10.2. The molecule has 2 aromatic heterocycles. The Kier molecular flexibility index (Phi) is 4.12. The lowest BCUT2D eigenvalue weighted by molar-refractivity contribution is 0.648. The van der Waals surface area contributed by atoms with Gasteiger partial charge in [-0.05, 0) is 18.1 Å². The first-order valence-electron chi connectivity index (χ1n) is 5.33. The Bertz CT molecular complexity index is 500. The van der Waals surface area contributed by atoms with Gasteiger partial charge in [0.25, 0.3) is 0 Å². The Balaban J connectivity index is 2.14. The molecule has 1 atom stereocenters. The van der Waals surface area contributed by atoms with Crippen molar-refractivity contribution in [3.05, 3.63) is 40.9 Å². The largest absolute Gasteiger partial charge is 0.263 e. The zero-order valence-corrected chi connectivity index (χ0v) is 11.7. The first-order chi connectivity index (χ1) is 8.20. The van der Waals surface area contributed by atoms with Gasteiger partial charge in [-0.3, -0.25) is 4.98 Å². The predicted molar refractivity (Wildman–Crippen MR) is 70.3 cm³/mol. The van der Waals surface area contributed by atoms with Gasteiger partial charge >= 0.3 is 0 Å². The summed E-state index contributed by atoms with van der Waals surface area (Å²) in [5.41, 5.74) is 1.93. The van der Waals surface area contributed by atoms with Gasteiger partial charge in [-0.15, -0.1) is 5.10 Å². The molecule has 0 bridgehead atoms. The molecular formula is C11H12BrClN4. The smallest absolute Gasteiger partial charge is 0.0963 e. The third-order valence-corrected chi connectivity index (χ3v) is 3.88. The summed E-state index contributed by atoms with van der Waals surface area (Å²) >= 11 is 9.58. The fourth-order valence-electron chi connectivity index (χ4n) is 1.45. The van der Waals surface area contributed by atoms with Crippen LogP contribution < -0.4 is 0 Å². The van der Waals surface area contributed by atoms with Crippen LogP contribution in [0.2, 0.25) is 5.02 Å². The summed E-state index contributed by atoms with van der Waals surface area (Å²) in [6.45, 7) is 2.70. The summed E-state index contributed by atoms with van der Waals surface area (Å²) in [4.78, 5) is 4.20. The molecule has 6 heteroatoms. The van der Waals surface area contributed by atoms with Crippen LogP contribution in [0.25, 0.3) is 0 Å². The molecular weight excluding hydrogens is 304 g/mol. The Morgan fingerprint density at radius 2 is 2.35 bits per heavy atom. The molecule has 90 valence electrons. The van der Waals surface area contributed by atoms with Crippen molar-refractivity contribution >= 4 is 27.5 Å². The zero-order chi connectivity index (χ0) is 12.3. The fraction of sp³-hybridized carbons (Fsp3) is 0.364. The third-order valence-electron chi connectivity index (χ3n) is 2.42. The Morgan fingerprint density at radius 1 is 1.53 bits per heavy atom. The summed E-state index contributed by atoms with van der Waals surface area (Å²) < 4.78 is 1.78. The number of aromatic nitrogens is 4. The van der Waals surface area contributed by atoms with Crippen LogP contribution in [0.1, 0.15) is 29.4 Å². The topological polar surface area (TPSA) is 43.6 Å². The third kappa shape index (κ3) is 3.04. The second kappa shape index (κ2) is 5.60. The highest BCUT2D eigenvalue weighted by atomic mass is 79.9. The molecule has 0 saturated heterocycles. The highest BCUT2D eigenvalue weighted by Gasteiger charge is 2.10. The zero-order valence-electron chi connectivity index (χ0n) is 9.35. The number of pyridine rings is 1. The molecule has 0 aliphatic carbocycles. The van der Waals surface area contributed by atoms with Crippen molar-refractivity contribution in [1.29, 1.82) is 0 Å². The van der Waals surface area contributed by atoms with Crippen LogP contribution >= 0.6 is 27.5 Å². The van der Waals surface area contributed by atoms with Crippen molar-refractivity contribution in [2.45, 2.75) is 24.7 Å². The molecule has 0 aliphatic rings. The number of nitrogens with zero attached hydrogens (tertiary/aromatic N) is 4. The van der Waals surface area contributed by atoms with E-state index in [0.29, 0.717) is 11.6 Å². The summed E-state index contributed by atoms with van der Waals surface area (Å²) in [6, 6.07) is 1.88. The minimum absolute atomic E-state index is 0.254. The quantitative estimate of drug-likeness (QED) is 0.814. The van der Waals surface area contributed by atoms with Crippen LogP contribution in [0.3, 0.4) is 0 Å². The van der Waals surface area contributed by atoms with Crippen LogP contribution in [0.15, 0.2) is 24.7 Å². The van der Waals surface area contributed by atoms with Gasteiger partial charge in [0.05, 0.1) is 22.1 Å². The van der Waals surface area contributed by atoms with Crippen molar-refractivity contribution < 1.29 is 0 Å². The Labute approximate surface area is 113 Å². The second-order valence-corrected chi connectivity index (χ2v) is 5.20. The molecule has 2 aromatic rings. The van der Waals surface area contributed by atoms with E-state index in [4.69, 9.17) is 11.6 Å². The summed E-state index contributed by atoms with van der Waals surface area (Å²) in [7, 11) is 0. The van der Waals surface area contributed by atoms with E-state index in [9.17, 15) is 0 Å². The fourth-order valence-corrected chi connectivity index (χ4v) is 1.84. The SMILES string of the molecule is CCC(Br)c1cn(Cc2ccncc2Cl)nn1. The highest BCUT2D eigenvalue weighted by molar-refractivity contribution is 9.09. The maximum atomic E-state index is 6.04. The van der Waals surface area contributed by atoms with E-state index in [0.717, 1.165) is 17.7 Å². The molecule has 0 fully saturated rings. The van der Waals surface area contributed by atoms with Crippen LogP contribution in [0.4, 0.5) is 0 Å². The van der Waals surface area contributed by atoms with Crippen molar-refractivity contribution in [2.24, 2.45) is 0 Å². The molecule has 0 saturated carbocycles. The molecule has 2 heterocycles. The number of hydrogen-bond acceptors (Lipinski definition) is 3. The molecule has 2 rings (SSSR count). The number of alkyl halides is 1. The molecule has 0 aromatic carbocycles. The molecule has 0 aliphatic heterocycles. The van der Waals surface area contributed by atoms with Crippen LogP contribution in [-0.2, 0) is 6.54 Å². The van der Waals surface area contributed by atoms with E-state index >= 15 is 0 Å². The Hall–Kier alpha value is -0.940. The summed E-state index contributed by atoms with van der Waals surface area (Å²) in [5.74, 6) is 0. The monoisotopic (exact) mass is 314 g/mol. The minimum atomic E-state index is 0.254. The van der Waals surface area contributed by atoms with Gasteiger partial charge < -0.3 is 0 Å². The first kappa shape index (κ1) is 12.5. The van der Waals surface area contributed by atoms with Gasteiger partial charge in [0.2, 0.25) is 0 Å². The van der Waals surface area contributed by atoms with Crippen molar-refractivity contribution in [2.75, 3.05) is 0 Å². The molecule has 0 amide bonds. The average molecular weight is 316 g/mol. The van der Waals surface area contributed by atoms with E-state index in [2.05, 4.69) is 38.1 Å². The van der Waals surface area contributed by atoms with Crippen molar-refractivity contribution in [3.63, 3.8) is 0 Å². The van der Waals surface area contributed by atoms with Gasteiger partial charge in [0.1, 0.15) is 0 Å². The van der Waals surface area contributed by atoms with Gasteiger partial charge in [0, 0.05) is 18.6 Å². The lowest BCUT2D eigenvalue weighted by Gasteiger charge is -2.02. The predicted octanol–water partition coefficient (Wildman–Crippen LogP) is 3.22. The maximum absolute atomic E-state index is 6.04. The van der Waals surface area contributed by atoms with E-state index < -0.39 is 0 Å². The number of rotatable bonds is 4. The van der Waals surface area contributed by atoms with Crippen LogP contribution in [0, 0.1) is 0 Å². The molecule has 0 spiro atoms. The standard InChI is InChI=1S/C11H12BrClN4/c1-2-9(12)11-7-17(16-15-11)6-8-3-4-14-5-10(8)13/h3-5,7,9H,2,6H2,1H3. The van der Waals surface area contributed by atoms with E-state index in [-0.39, 0.29) is 4.83 Å². The Morgan fingerprint density at radius 3 is 3.06 bits per heavy atom. The minimum Gasteiger partial charge on any atom is -0.263 e. The number of halogens is 2. The first-order valence-corrected chi connectivity index (χ1v) is 6.62. The van der Waals surface area contributed by atoms with Gasteiger partial charge in [-0.2, -0.15) is 0 Å². The summed E-state index contributed by atoms with van der Waals surface area (Å²) in [6.07, 6.45) is 6.26. The van der Waals surface area contributed by atoms with Crippen molar-refractivity contribution in [3.8, 4) is 0 Å². The molecule has 0 radical (unpaired) electrons. The van der Waals surface area contributed by atoms with Gasteiger partial charge in [-0.1, -0.05) is 39.7 Å². The van der Waals surface area contributed by atoms with Gasteiger partial charge in [-0.25, -0.2) is 4.68 Å². The highest BCUT2D eigenvalue weighted by Crippen LogP contribution is 2.23. The average Bonchev–Trinajstić information content (AvgIpc) is 2.80. The molecule has 4 nitrogen and oxygen atoms in total. The van der Waals surface area contributed by atoms with E-state index in [1.807, 2.05) is 12.3 Å². The number of hydrogen-bond donors (Lipinski definition) is 0. The lowest BCUT2D eigenvalue weighted by Crippen LogP contribution is -2.01. The normalized spacial score (nSPS) is 12.6. The van der Waals surface area contributed by atoms with Gasteiger partial charge in [0.15, 0.2) is 0 Å². The van der Waals surface area contributed by atoms with E-state index in [1.54, 1.807) is 17.1 Å². The summed E-state index contributed by atoms with van der Waals surface area (Å²) in [5, 5.41) is 8.85. The second-order valence-electron chi connectivity index (χ2n) is 3.68. The molecule has 17 heavy (non-hydrogen) atoms. The van der Waals surface area contributed by atoms with Crippen LogP contribution in [0.5, 0.6) is 0 Å². The van der Waals surface area contributed by atoms with E-state index in [1.165, 1.54) is 0 Å². The van der Waals surface area contributed by atoms with Crippen molar-refractivity contribution in [1.82, 2.24) is 20.0 Å².